The van der Waals surface area contributed by atoms with Crippen molar-refractivity contribution >= 4 is 68.6 Å². The van der Waals surface area contributed by atoms with Gasteiger partial charge in [-0.3, -0.25) is 0 Å². The molecule has 0 aromatic heterocycles. The second-order valence-corrected chi connectivity index (χ2v) is 35.3. The smallest absolute Gasteiger partial charge is 1.00 e. The molecule has 0 saturated heterocycles. The predicted molar refractivity (Wildman–Crippen MR) is 208 cm³/mol. The van der Waals surface area contributed by atoms with E-state index < -0.39 is 32.3 Å². The normalized spacial score (nSPS) is 12.0. The minimum absolute atomic E-state index is 0. The van der Waals surface area contributed by atoms with E-state index in [9.17, 15) is 0 Å². The monoisotopic (exact) mass is 790 g/mol. The van der Waals surface area contributed by atoms with Crippen LogP contribution in [0, 0.1) is 48.5 Å². The van der Waals surface area contributed by atoms with E-state index in [1.807, 2.05) is 0 Å². The fourth-order valence-corrected chi connectivity index (χ4v) is 19.2. The topological polar surface area (TPSA) is 0 Å². The van der Waals surface area contributed by atoms with Gasteiger partial charge < -0.3 is 37.2 Å². The van der Waals surface area contributed by atoms with Crippen LogP contribution in [0.3, 0.4) is 0 Å². The molecule has 0 aliphatic rings. The number of hydrogen-bond acceptors (Lipinski definition) is 0. The molecule has 4 aromatic rings. The van der Waals surface area contributed by atoms with E-state index in [4.69, 9.17) is 0 Å². The maximum absolute atomic E-state index is 2.73. The molecule has 0 atom stereocenters. The van der Waals surface area contributed by atoms with Gasteiger partial charge in [0.15, 0.2) is 0 Å². The van der Waals surface area contributed by atoms with Crippen molar-refractivity contribution in [3.8, 4) is 0 Å². The summed E-state index contributed by atoms with van der Waals surface area (Å²) in [6, 6.07) is 23.0. The minimum atomic E-state index is -2.73. The van der Waals surface area contributed by atoms with Crippen LogP contribution in [0.5, 0.6) is 0 Å². The molecule has 0 saturated carbocycles. The molecule has 0 amide bonds. The van der Waals surface area contributed by atoms with Gasteiger partial charge in [-0.2, -0.15) is 22.3 Å². The van der Waals surface area contributed by atoms with Gasteiger partial charge in [-0.25, -0.2) is 0 Å². The first-order valence-electron chi connectivity index (χ1n) is 16.2. The number of hydrogen-bond donors (Lipinski definition) is 0. The molecular formula is C39H57Cl3Si4Ti. The van der Waals surface area contributed by atoms with E-state index in [-0.39, 0.29) is 58.9 Å². The van der Waals surface area contributed by atoms with E-state index >= 15 is 0 Å². The zero-order valence-electron chi connectivity index (χ0n) is 31.8. The molecule has 0 radical (unpaired) electrons. The average Bonchev–Trinajstić information content (AvgIpc) is 3.07. The predicted octanol–water partition coefficient (Wildman–Crippen LogP) is -2.41. The standard InChI is InChI=1S/C39H57Si4.3ClH.Ti/c1-26-17-20-33(23-36(26)40(8,9)10)43(39-31(6)29(4)30(5)32(39)7,34-21-18-27(2)37(24-34)41(11,12)13)35-22-19-28(3)38(25-35)42(14,15)16;;;;/h17-25H,1-16H3;3*1H;/q-1;;;;+4/p-3. The van der Waals surface area contributed by atoms with Crippen LogP contribution in [-0.2, 0) is 21.7 Å². The molecule has 4 rings (SSSR count). The first-order valence-corrected chi connectivity index (χ1v) is 28.7. The van der Waals surface area contributed by atoms with Gasteiger partial charge in [-0.15, -0.1) is 5.19 Å². The largest absolute Gasteiger partial charge is 4.00 e. The van der Waals surface area contributed by atoms with Gasteiger partial charge in [0.1, 0.15) is 8.07 Å². The Kier molecular flexibility index (Phi) is 16.0. The van der Waals surface area contributed by atoms with E-state index in [1.54, 1.807) is 36.3 Å². The zero-order valence-corrected chi connectivity index (χ0v) is 39.7. The Morgan fingerprint density at radius 2 is 0.638 bits per heavy atom. The average molecular weight is 792 g/mol. The molecular weight excluding hydrogens is 735 g/mol. The Bertz CT molecular complexity index is 1520. The van der Waals surface area contributed by atoms with Crippen LogP contribution in [0.25, 0.3) is 0 Å². The maximum atomic E-state index is 2.69. The van der Waals surface area contributed by atoms with Crippen LogP contribution in [-0.4, -0.2) is 32.3 Å². The number of aryl methyl sites for hydroxylation is 3. The molecule has 0 bridgehead atoms. The molecule has 0 heterocycles. The molecule has 0 fully saturated rings. The fourth-order valence-electron chi connectivity index (χ4n) is 7.70. The Balaban J connectivity index is 0.00000529. The van der Waals surface area contributed by atoms with E-state index in [0.29, 0.717) is 0 Å². The van der Waals surface area contributed by atoms with Crippen molar-refractivity contribution in [3.63, 3.8) is 0 Å². The summed E-state index contributed by atoms with van der Waals surface area (Å²) in [6.45, 7) is 39.2. The Morgan fingerprint density at radius 3 is 0.851 bits per heavy atom. The summed E-state index contributed by atoms with van der Waals surface area (Å²) < 4.78 is 0. The van der Waals surface area contributed by atoms with Crippen molar-refractivity contribution in [2.75, 3.05) is 0 Å². The molecule has 0 nitrogen and oxygen atoms in total. The molecule has 0 aliphatic carbocycles. The van der Waals surface area contributed by atoms with Gasteiger partial charge in [0, 0.05) is 0 Å². The van der Waals surface area contributed by atoms with Crippen LogP contribution in [0.1, 0.15) is 38.9 Å². The zero-order chi connectivity index (χ0) is 32.4. The summed E-state index contributed by atoms with van der Waals surface area (Å²) in [5.41, 5.74) is 10.3. The quantitative estimate of drug-likeness (QED) is 0.111. The summed E-state index contributed by atoms with van der Waals surface area (Å²) in [5.74, 6) is 0. The Hall–Kier alpha value is -0.538. The molecule has 0 unspecified atom stereocenters. The molecule has 0 spiro atoms. The summed E-state index contributed by atoms with van der Waals surface area (Å²) in [6.07, 6.45) is 0. The summed E-state index contributed by atoms with van der Waals surface area (Å²) in [5, 5.41) is 11.1. The fraction of sp³-hybridized carbons (Fsp3) is 0.410. The van der Waals surface area contributed by atoms with Crippen molar-refractivity contribution in [1.82, 2.24) is 0 Å². The third kappa shape index (κ3) is 8.51. The minimum Gasteiger partial charge on any atom is -1.00 e. The van der Waals surface area contributed by atoms with Gasteiger partial charge in [-0.05, 0) is 20.8 Å². The molecule has 8 heteroatoms. The first kappa shape index (κ1) is 46.5. The van der Waals surface area contributed by atoms with Gasteiger partial charge in [0.25, 0.3) is 0 Å². The van der Waals surface area contributed by atoms with Crippen molar-refractivity contribution in [2.45, 2.75) is 107 Å². The van der Waals surface area contributed by atoms with Gasteiger partial charge >= 0.3 is 21.7 Å². The SMILES string of the molecule is Cc1ccc([Si](c2ccc(C)c([Si](C)(C)C)c2)(c2ccc(C)c([Si](C)(C)C)c2)[c-]2c(C)c(C)c(C)c2C)cc1[Si](C)(C)C.[Cl-].[Cl-].[Cl-].[Ti+4]. The number of benzene rings is 3. The van der Waals surface area contributed by atoms with Gasteiger partial charge in [0.05, 0.1) is 24.2 Å². The van der Waals surface area contributed by atoms with E-state index in [2.05, 4.69) is 162 Å². The molecule has 254 valence electrons. The van der Waals surface area contributed by atoms with Crippen LogP contribution in [0.2, 0.25) is 58.9 Å². The molecule has 0 aliphatic heterocycles. The Morgan fingerprint density at radius 1 is 0.404 bits per heavy atom. The van der Waals surface area contributed by atoms with Crippen LogP contribution < -0.4 is 73.5 Å². The van der Waals surface area contributed by atoms with Crippen molar-refractivity contribution in [3.05, 3.63) is 93.5 Å². The molecule has 47 heavy (non-hydrogen) atoms. The number of halogens is 3. The summed E-state index contributed by atoms with van der Waals surface area (Å²) in [4.78, 5) is 0. The van der Waals surface area contributed by atoms with Crippen LogP contribution in [0.4, 0.5) is 0 Å². The third-order valence-electron chi connectivity index (χ3n) is 10.2. The van der Waals surface area contributed by atoms with Crippen molar-refractivity contribution < 1.29 is 58.9 Å². The summed E-state index contributed by atoms with van der Waals surface area (Å²) in [7, 11) is -7.49. The van der Waals surface area contributed by atoms with Crippen molar-refractivity contribution in [2.24, 2.45) is 0 Å². The second-order valence-electron chi connectivity index (χ2n) is 16.5. The number of rotatable bonds is 7. The van der Waals surface area contributed by atoms with Crippen LogP contribution >= 0.6 is 0 Å². The van der Waals surface area contributed by atoms with Gasteiger partial charge in [-0.1, -0.05) is 189 Å². The molecule has 0 N–H and O–H groups in total. The summed E-state index contributed by atoms with van der Waals surface area (Å²) >= 11 is 0. The first-order chi connectivity index (χ1) is 19.6. The van der Waals surface area contributed by atoms with E-state index in [0.717, 1.165) is 0 Å². The van der Waals surface area contributed by atoms with Crippen LogP contribution in [0.15, 0.2) is 54.6 Å². The molecule has 4 aromatic carbocycles. The third-order valence-corrected chi connectivity index (χ3v) is 21.7. The second kappa shape index (κ2) is 16.2. The van der Waals surface area contributed by atoms with Crippen molar-refractivity contribution in [1.29, 1.82) is 0 Å². The van der Waals surface area contributed by atoms with E-state index in [1.165, 1.54) is 38.9 Å². The van der Waals surface area contributed by atoms with Gasteiger partial charge in [0.2, 0.25) is 0 Å². The Labute approximate surface area is 325 Å². The maximum Gasteiger partial charge on any atom is 4.00 e.